The van der Waals surface area contributed by atoms with E-state index in [1.165, 1.54) is 0 Å². The zero-order valence-corrected chi connectivity index (χ0v) is 8.93. The molecular formula is C8H12N6O3. The molecule has 0 radical (unpaired) electrons. The fraction of sp³-hybridized carbons (Fsp3) is 0.625. The quantitative estimate of drug-likeness (QED) is 0.533. The van der Waals surface area contributed by atoms with E-state index in [1.54, 1.807) is 0 Å². The highest BCUT2D eigenvalue weighted by Crippen LogP contribution is 2.31. The van der Waals surface area contributed by atoms with Gasteiger partial charge in [-0.1, -0.05) is 5.21 Å². The number of aliphatic carboxylic acids is 1. The fourth-order valence-corrected chi connectivity index (χ4v) is 1.60. The number of tetrazole rings is 1. The molecule has 4 N–H and O–H groups in total. The third-order valence-electron chi connectivity index (χ3n) is 2.77. The first-order valence-corrected chi connectivity index (χ1v) is 5.14. The SMILES string of the molecule is O=C(NCc1nn[nH]n1)NC1(C(=O)O)CCC1. The van der Waals surface area contributed by atoms with E-state index in [4.69, 9.17) is 5.11 Å². The Hall–Kier alpha value is -2.19. The number of carboxylic acid groups (broad SMARTS) is 1. The molecule has 0 unspecified atom stereocenters. The molecule has 17 heavy (non-hydrogen) atoms. The average Bonchev–Trinajstić information content (AvgIpc) is 2.72. The molecule has 9 nitrogen and oxygen atoms in total. The topological polar surface area (TPSA) is 133 Å². The smallest absolute Gasteiger partial charge is 0.329 e. The minimum absolute atomic E-state index is 0.0953. The highest BCUT2D eigenvalue weighted by molar-refractivity contribution is 5.87. The first-order chi connectivity index (χ1) is 8.12. The van der Waals surface area contributed by atoms with Gasteiger partial charge in [-0.3, -0.25) is 0 Å². The second kappa shape index (κ2) is 4.36. The summed E-state index contributed by atoms with van der Waals surface area (Å²) in [7, 11) is 0. The molecule has 1 saturated carbocycles. The van der Waals surface area contributed by atoms with Crippen molar-refractivity contribution in [1.29, 1.82) is 0 Å². The zero-order chi connectivity index (χ0) is 12.3. The van der Waals surface area contributed by atoms with Crippen LogP contribution in [0.3, 0.4) is 0 Å². The Labute approximate surface area is 96.0 Å². The normalized spacial score (nSPS) is 16.9. The molecule has 1 aromatic heterocycles. The lowest BCUT2D eigenvalue weighted by atomic mass is 9.77. The number of carboxylic acids is 1. The second-order valence-corrected chi connectivity index (χ2v) is 3.88. The van der Waals surface area contributed by atoms with Gasteiger partial charge in [0, 0.05) is 0 Å². The molecule has 1 aromatic rings. The maximum Gasteiger partial charge on any atom is 0.329 e. The Morgan fingerprint density at radius 3 is 2.71 bits per heavy atom. The van der Waals surface area contributed by atoms with Crippen LogP contribution in [0.5, 0.6) is 0 Å². The van der Waals surface area contributed by atoms with Gasteiger partial charge >= 0.3 is 12.0 Å². The van der Waals surface area contributed by atoms with Gasteiger partial charge in [-0.2, -0.15) is 5.21 Å². The number of amides is 2. The van der Waals surface area contributed by atoms with Crippen LogP contribution in [0.4, 0.5) is 4.79 Å². The maximum atomic E-state index is 11.5. The number of nitrogens with one attached hydrogen (secondary N) is 3. The van der Waals surface area contributed by atoms with Crippen LogP contribution in [0.1, 0.15) is 25.1 Å². The van der Waals surface area contributed by atoms with Crippen molar-refractivity contribution in [2.24, 2.45) is 0 Å². The molecule has 0 atom stereocenters. The van der Waals surface area contributed by atoms with E-state index < -0.39 is 17.5 Å². The average molecular weight is 240 g/mol. The van der Waals surface area contributed by atoms with E-state index in [0.29, 0.717) is 18.7 Å². The Morgan fingerprint density at radius 1 is 1.47 bits per heavy atom. The standard InChI is InChI=1S/C8H12N6O3/c15-6(16)8(2-1-3-8)10-7(17)9-4-5-11-13-14-12-5/h1-4H2,(H,15,16)(H2,9,10,17)(H,11,12,13,14). The highest BCUT2D eigenvalue weighted by Gasteiger charge is 2.45. The number of carbonyl (C=O) groups is 2. The molecular weight excluding hydrogens is 228 g/mol. The molecule has 0 aromatic carbocycles. The predicted octanol–water partition coefficient (Wildman–Crippen LogP) is -0.994. The molecule has 1 aliphatic rings. The summed E-state index contributed by atoms with van der Waals surface area (Å²) in [5, 5.41) is 26.8. The van der Waals surface area contributed by atoms with Gasteiger partial charge in [0.1, 0.15) is 5.54 Å². The van der Waals surface area contributed by atoms with Crippen LogP contribution in [0.25, 0.3) is 0 Å². The Kier molecular flexibility index (Phi) is 2.90. The second-order valence-electron chi connectivity index (χ2n) is 3.88. The van der Waals surface area contributed by atoms with E-state index in [-0.39, 0.29) is 6.54 Å². The highest BCUT2D eigenvalue weighted by atomic mass is 16.4. The van der Waals surface area contributed by atoms with E-state index >= 15 is 0 Å². The van der Waals surface area contributed by atoms with Crippen LogP contribution in [0, 0.1) is 0 Å². The van der Waals surface area contributed by atoms with Crippen molar-refractivity contribution in [3.63, 3.8) is 0 Å². The van der Waals surface area contributed by atoms with Gasteiger partial charge in [-0.25, -0.2) is 9.59 Å². The first-order valence-electron chi connectivity index (χ1n) is 5.14. The van der Waals surface area contributed by atoms with E-state index in [1.807, 2.05) is 0 Å². The van der Waals surface area contributed by atoms with Crippen molar-refractivity contribution in [3.05, 3.63) is 5.82 Å². The number of nitrogens with zero attached hydrogens (tertiary/aromatic N) is 3. The summed E-state index contributed by atoms with van der Waals surface area (Å²) >= 11 is 0. The lowest BCUT2D eigenvalue weighted by molar-refractivity contribution is -0.148. The maximum absolute atomic E-state index is 11.5. The lowest BCUT2D eigenvalue weighted by Crippen LogP contribution is -2.61. The molecule has 92 valence electrons. The van der Waals surface area contributed by atoms with E-state index in [2.05, 4.69) is 31.3 Å². The van der Waals surface area contributed by atoms with Gasteiger partial charge in [-0.15, -0.1) is 10.2 Å². The zero-order valence-electron chi connectivity index (χ0n) is 8.93. The van der Waals surface area contributed by atoms with Gasteiger partial charge in [-0.05, 0) is 19.3 Å². The molecule has 0 bridgehead atoms. The summed E-state index contributed by atoms with van der Waals surface area (Å²) in [4.78, 5) is 22.5. The Balaban J connectivity index is 1.83. The number of aromatic nitrogens is 4. The summed E-state index contributed by atoms with van der Waals surface area (Å²) in [5.74, 6) is -0.670. The van der Waals surface area contributed by atoms with E-state index in [0.717, 1.165) is 6.42 Å². The Bertz CT molecular complexity index is 413. The van der Waals surface area contributed by atoms with Crippen LogP contribution >= 0.6 is 0 Å². The largest absolute Gasteiger partial charge is 0.480 e. The van der Waals surface area contributed by atoms with Crippen LogP contribution in [0.15, 0.2) is 0 Å². The number of hydrogen-bond acceptors (Lipinski definition) is 5. The molecule has 9 heteroatoms. The fourth-order valence-electron chi connectivity index (χ4n) is 1.60. The lowest BCUT2D eigenvalue weighted by Gasteiger charge is -2.38. The third kappa shape index (κ3) is 2.32. The molecule has 1 heterocycles. The molecule has 1 fully saturated rings. The number of aromatic amines is 1. The number of rotatable bonds is 4. The minimum Gasteiger partial charge on any atom is -0.480 e. The van der Waals surface area contributed by atoms with Gasteiger partial charge in [0.2, 0.25) is 0 Å². The van der Waals surface area contributed by atoms with Crippen molar-refractivity contribution in [2.45, 2.75) is 31.3 Å². The minimum atomic E-state index is -1.11. The van der Waals surface area contributed by atoms with Crippen molar-refractivity contribution in [2.75, 3.05) is 0 Å². The summed E-state index contributed by atoms with van der Waals surface area (Å²) in [5.41, 5.74) is -1.11. The molecule has 0 spiro atoms. The summed E-state index contributed by atoms with van der Waals surface area (Å²) in [6.45, 7) is 0.0953. The van der Waals surface area contributed by atoms with Crippen molar-refractivity contribution >= 4 is 12.0 Å². The summed E-state index contributed by atoms with van der Waals surface area (Å²) in [6.07, 6.45) is 1.72. The van der Waals surface area contributed by atoms with Gasteiger partial charge < -0.3 is 15.7 Å². The van der Waals surface area contributed by atoms with Gasteiger partial charge in [0.15, 0.2) is 5.82 Å². The van der Waals surface area contributed by atoms with Crippen molar-refractivity contribution in [3.8, 4) is 0 Å². The Morgan fingerprint density at radius 2 is 2.24 bits per heavy atom. The van der Waals surface area contributed by atoms with Crippen LogP contribution < -0.4 is 10.6 Å². The molecule has 2 rings (SSSR count). The number of carbonyl (C=O) groups excluding carboxylic acids is 1. The van der Waals surface area contributed by atoms with Crippen LogP contribution in [0.2, 0.25) is 0 Å². The summed E-state index contributed by atoms with van der Waals surface area (Å²) in [6, 6.07) is -0.545. The number of H-pyrrole nitrogens is 1. The summed E-state index contributed by atoms with van der Waals surface area (Å²) < 4.78 is 0. The molecule has 2 amide bonds. The monoisotopic (exact) mass is 240 g/mol. The van der Waals surface area contributed by atoms with Crippen LogP contribution in [-0.2, 0) is 11.3 Å². The van der Waals surface area contributed by atoms with Crippen molar-refractivity contribution < 1.29 is 14.7 Å². The van der Waals surface area contributed by atoms with Gasteiger partial charge in [0.25, 0.3) is 0 Å². The van der Waals surface area contributed by atoms with Crippen LogP contribution in [-0.4, -0.2) is 43.3 Å². The molecule has 1 aliphatic carbocycles. The number of hydrogen-bond donors (Lipinski definition) is 4. The molecule has 0 aliphatic heterocycles. The van der Waals surface area contributed by atoms with Crippen molar-refractivity contribution in [1.82, 2.24) is 31.3 Å². The number of urea groups is 1. The molecule has 0 saturated heterocycles. The predicted molar refractivity (Wildman–Crippen MR) is 53.8 cm³/mol. The van der Waals surface area contributed by atoms with E-state index in [9.17, 15) is 9.59 Å². The van der Waals surface area contributed by atoms with Gasteiger partial charge in [0.05, 0.1) is 6.54 Å². The first kappa shape index (κ1) is 11.3. The third-order valence-corrected chi connectivity index (χ3v) is 2.77.